The summed E-state index contributed by atoms with van der Waals surface area (Å²) in [6.45, 7) is 1.64. The lowest BCUT2D eigenvalue weighted by atomic mass is 10.9. The van der Waals surface area contributed by atoms with Gasteiger partial charge >= 0.3 is 0 Å². The molecule has 0 aliphatic carbocycles. The summed E-state index contributed by atoms with van der Waals surface area (Å²) in [4.78, 5) is 0. The van der Waals surface area contributed by atoms with Gasteiger partial charge in [0.2, 0.25) is 0 Å². The highest BCUT2D eigenvalue weighted by Gasteiger charge is 1.34. The minimum atomic E-state index is 0. The molecule has 0 saturated heterocycles. The molecule has 4 heteroatoms. The van der Waals surface area contributed by atoms with Crippen molar-refractivity contribution >= 4 is 6.21 Å². The summed E-state index contributed by atoms with van der Waals surface area (Å²) < 4.78 is 0. The molecule has 0 amide bonds. The number of nitrogens with zero attached hydrogens (tertiary/aromatic N) is 1. The van der Waals surface area contributed by atoms with E-state index in [1.807, 2.05) is 0 Å². The van der Waals surface area contributed by atoms with Gasteiger partial charge in [0.05, 0.1) is 0 Å². The average Bonchev–Trinajstić information content (AvgIpc) is 1.37. The molecule has 0 rings (SSSR count). The third-order valence-corrected chi connectivity index (χ3v) is 0.115. The van der Waals surface area contributed by atoms with Crippen LogP contribution in [0.25, 0.3) is 0 Å². The highest BCUT2D eigenvalue weighted by Crippen LogP contribution is 1.38. The van der Waals surface area contributed by atoms with Crippen molar-refractivity contribution in [2.24, 2.45) is 5.16 Å². The molecular weight excluding hydrogens is 86.0 g/mol. The van der Waals surface area contributed by atoms with Gasteiger partial charge in [-0.1, -0.05) is 0 Å². The number of hydrogen-bond acceptors (Lipinski definition) is 2. The van der Waals surface area contributed by atoms with Crippen LogP contribution in [-0.4, -0.2) is 22.4 Å². The Labute approximate surface area is 35.7 Å². The van der Waals surface area contributed by atoms with E-state index in [4.69, 9.17) is 5.21 Å². The van der Waals surface area contributed by atoms with Gasteiger partial charge in [0, 0.05) is 6.21 Å². The standard InChI is InChI=1S/C2H5NO.2H2O/c1-2-3-4;;/h2,4H,1H3;2*1H2. The van der Waals surface area contributed by atoms with Crippen molar-refractivity contribution in [1.82, 2.24) is 0 Å². The van der Waals surface area contributed by atoms with Gasteiger partial charge in [-0.3, -0.25) is 0 Å². The van der Waals surface area contributed by atoms with Crippen molar-refractivity contribution in [2.75, 3.05) is 0 Å². The molecule has 0 radical (unpaired) electrons. The number of hydrogen-bond donors (Lipinski definition) is 1. The maximum atomic E-state index is 7.44. The third-order valence-electron chi connectivity index (χ3n) is 0.115. The van der Waals surface area contributed by atoms with E-state index >= 15 is 0 Å². The molecule has 0 aromatic carbocycles. The Bertz CT molecular complexity index is 24.0. The van der Waals surface area contributed by atoms with Crippen LogP contribution in [0.15, 0.2) is 5.16 Å². The van der Waals surface area contributed by atoms with Crippen molar-refractivity contribution in [3.8, 4) is 0 Å². The van der Waals surface area contributed by atoms with Gasteiger partial charge in [0.15, 0.2) is 0 Å². The first-order valence-corrected chi connectivity index (χ1v) is 1.04. The van der Waals surface area contributed by atoms with Gasteiger partial charge in [-0.2, -0.15) is 0 Å². The van der Waals surface area contributed by atoms with E-state index in [-0.39, 0.29) is 11.0 Å². The summed E-state index contributed by atoms with van der Waals surface area (Å²) in [5, 5.41) is 10.1. The Morgan fingerprint density at radius 2 is 1.67 bits per heavy atom. The van der Waals surface area contributed by atoms with Crippen molar-refractivity contribution in [1.29, 1.82) is 0 Å². The van der Waals surface area contributed by atoms with Crippen LogP contribution in [0, 0.1) is 0 Å². The van der Waals surface area contributed by atoms with Crippen LogP contribution in [0.4, 0.5) is 0 Å². The molecule has 0 aliphatic heterocycles. The second-order valence-electron chi connectivity index (χ2n) is 0.374. The molecule has 0 fully saturated rings. The molecule has 5 N–H and O–H groups in total. The minimum Gasteiger partial charge on any atom is -0.412 e. The number of rotatable bonds is 0. The molecule has 4 nitrogen and oxygen atoms in total. The topological polar surface area (TPSA) is 95.6 Å². The molecule has 0 aliphatic rings. The maximum Gasteiger partial charge on any atom is 0.0404 e. The van der Waals surface area contributed by atoms with Gasteiger partial charge in [-0.15, -0.1) is 5.16 Å². The molecule has 0 saturated carbocycles. The largest absolute Gasteiger partial charge is 0.412 e. The predicted octanol–water partition coefficient (Wildman–Crippen LogP) is -1.18. The second kappa shape index (κ2) is 26.1. The Balaban J connectivity index is -0.0000000450. The zero-order valence-electron chi connectivity index (χ0n) is 3.47. The van der Waals surface area contributed by atoms with Crippen LogP contribution in [-0.2, 0) is 0 Å². The third kappa shape index (κ3) is 127. The highest BCUT2D eigenvalue weighted by atomic mass is 16.4. The van der Waals surface area contributed by atoms with E-state index in [0.717, 1.165) is 0 Å². The summed E-state index contributed by atoms with van der Waals surface area (Å²) in [7, 11) is 0. The molecule has 0 spiro atoms. The zero-order chi connectivity index (χ0) is 3.41. The Kier molecular flexibility index (Phi) is 79.1. The van der Waals surface area contributed by atoms with E-state index in [0.29, 0.717) is 0 Å². The van der Waals surface area contributed by atoms with Crippen LogP contribution in [0.5, 0.6) is 0 Å². The SMILES string of the molecule is CC=NO.O.O. The molecule has 40 valence electrons. The first kappa shape index (κ1) is 18.2. The zero-order valence-corrected chi connectivity index (χ0v) is 3.47. The minimum absolute atomic E-state index is 0. The van der Waals surface area contributed by atoms with Crippen LogP contribution in [0.2, 0.25) is 0 Å². The van der Waals surface area contributed by atoms with Crippen LogP contribution in [0.3, 0.4) is 0 Å². The van der Waals surface area contributed by atoms with Gasteiger partial charge in [-0.25, -0.2) is 0 Å². The fourth-order valence-electron chi connectivity index (χ4n) is 0. The number of oxime groups is 1. The molecule has 0 aromatic rings. The monoisotopic (exact) mass is 95.1 g/mol. The van der Waals surface area contributed by atoms with E-state index in [2.05, 4.69) is 5.16 Å². The lowest BCUT2D eigenvalue weighted by Crippen LogP contribution is -1.49. The lowest BCUT2D eigenvalue weighted by molar-refractivity contribution is 0.321. The molecule has 0 bridgehead atoms. The fraction of sp³-hybridized carbons (Fsp3) is 0.500. The normalized spacial score (nSPS) is 6.17. The highest BCUT2D eigenvalue weighted by molar-refractivity contribution is 5.51. The second-order valence-corrected chi connectivity index (χ2v) is 0.374. The average molecular weight is 95.1 g/mol. The Hall–Kier alpha value is -0.610. The summed E-state index contributed by atoms with van der Waals surface area (Å²) >= 11 is 0. The first-order valence-electron chi connectivity index (χ1n) is 1.04. The summed E-state index contributed by atoms with van der Waals surface area (Å²) in [6.07, 6.45) is 1.31. The molecular formula is C2H9NO3. The van der Waals surface area contributed by atoms with Crippen molar-refractivity contribution in [2.45, 2.75) is 6.92 Å². The summed E-state index contributed by atoms with van der Waals surface area (Å²) in [5.41, 5.74) is 0. The predicted molar refractivity (Wildman–Crippen MR) is 23.2 cm³/mol. The van der Waals surface area contributed by atoms with Crippen molar-refractivity contribution in [3.63, 3.8) is 0 Å². The molecule has 0 unspecified atom stereocenters. The van der Waals surface area contributed by atoms with Gasteiger partial charge < -0.3 is 16.2 Å². The smallest absolute Gasteiger partial charge is 0.0404 e. The Morgan fingerprint density at radius 1 is 1.50 bits per heavy atom. The van der Waals surface area contributed by atoms with E-state index < -0.39 is 0 Å². The van der Waals surface area contributed by atoms with Crippen LogP contribution in [0.1, 0.15) is 6.92 Å². The quantitative estimate of drug-likeness (QED) is 0.228. The molecule has 0 aromatic heterocycles. The molecule has 6 heavy (non-hydrogen) atoms. The maximum absolute atomic E-state index is 7.44. The lowest BCUT2D eigenvalue weighted by Gasteiger charge is -1.54. The van der Waals surface area contributed by atoms with Crippen LogP contribution < -0.4 is 0 Å². The van der Waals surface area contributed by atoms with Crippen LogP contribution >= 0.6 is 0 Å². The molecule has 0 heterocycles. The van der Waals surface area contributed by atoms with Gasteiger partial charge in [0.1, 0.15) is 0 Å². The van der Waals surface area contributed by atoms with Gasteiger partial charge in [0.25, 0.3) is 0 Å². The van der Waals surface area contributed by atoms with Crippen molar-refractivity contribution < 1.29 is 16.2 Å². The van der Waals surface area contributed by atoms with Gasteiger partial charge in [-0.05, 0) is 6.92 Å². The first-order chi connectivity index (χ1) is 1.91. The Morgan fingerprint density at radius 3 is 1.67 bits per heavy atom. The fourth-order valence-corrected chi connectivity index (χ4v) is 0. The van der Waals surface area contributed by atoms with E-state index in [1.165, 1.54) is 6.21 Å². The van der Waals surface area contributed by atoms with E-state index in [9.17, 15) is 0 Å². The summed E-state index contributed by atoms with van der Waals surface area (Å²) in [5.74, 6) is 0. The summed E-state index contributed by atoms with van der Waals surface area (Å²) in [6, 6.07) is 0. The van der Waals surface area contributed by atoms with E-state index in [1.54, 1.807) is 6.92 Å². The van der Waals surface area contributed by atoms with Crippen molar-refractivity contribution in [3.05, 3.63) is 0 Å². The molecule has 0 atom stereocenters.